The van der Waals surface area contributed by atoms with Crippen molar-refractivity contribution in [1.29, 1.82) is 0 Å². The molecule has 0 aliphatic carbocycles. The highest BCUT2D eigenvalue weighted by Crippen LogP contribution is 2.25. The highest BCUT2D eigenvalue weighted by atomic mass is 32.2. The minimum atomic E-state index is -3.67. The minimum Gasteiger partial charge on any atom is -0.506 e. The zero-order valence-electron chi connectivity index (χ0n) is 11.8. The SMILES string of the molecule is CC(=O)N1CCCN(S(=O)(=O)c2ccc(O)c(N)c2)CC1. The van der Waals surface area contributed by atoms with Crippen molar-refractivity contribution in [3.8, 4) is 5.75 Å². The molecule has 1 fully saturated rings. The summed E-state index contributed by atoms with van der Waals surface area (Å²) in [7, 11) is -3.67. The third-order valence-electron chi connectivity index (χ3n) is 3.54. The fourth-order valence-corrected chi connectivity index (χ4v) is 3.80. The minimum absolute atomic E-state index is 0.0243. The van der Waals surface area contributed by atoms with Crippen LogP contribution >= 0.6 is 0 Å². The summed E-state index contributed by atoms with van der Waals surface area (Å²) in [5.41, 5.74) is 5.58. The molecule has 116 valence electrons. The maximum absolute atomic E-state index is 12.6. The third-order valence-corrected chi connectivity index (χ3v) is 5.43. The van der Waals surface area contributed by atoms with E-state index in [9.17, 15) is 18.3 Å². The number of anilines is 1. The van der Waals surface area contributed by atoms with Crippen molar-refractivity contribution in [3.63, 3.8) is 0 Å². The van der Waals surface area contributed by atoms with Gasteiger partial charge in [0.05, 0.1) is 10.6 Å². The second-order valence-corrected chi connectivity index (χ2v) is 6.92. The second kappa shape index (κ2) is 5.90. The van der Waals surface area contributed by atoms with E-state index < -0.39 is 10.0 Å². The van der Waals surface area contributed by atoms with E-state index in [4.69, 9.17) is 5.73 Å². The number of hydrogen-bond donors (Lipinski definition) is 2. The number of sulfonamides is 1. The molecule has 1 aliphatic heterocycles. The Morgan fingerprint density at radius 1 is 1.24 bits per heavy atom. The number of nitrogens with two attached hydrogens (primary N) is 1. The molecule has 1 saturated heterocycles. The molecule has 0 radical (unpaired) electrons. The first kappa shape index (κ1) is 15.6. The van der Waals surface area contributed by atoms with Crippen LogP contribution in [0.4, 0.5) is 5.69 Å². The Morgan fingerprint density at radius 2 is 1.95 bits per heavy atom. The summed E-state index contributed by atoms with van der Waals surface area (Å²) in [6.07, 6.45) is 0.590. The monoisotopic (exact) mass is 313 g/mol. The highest BCUT2D eigenvalue weighted by Gasteiger charge is 2.27. The van der Waals surface area contributed by atoms with Crippen molar-refractivity contribution in [2.24, 2.45) is 0 Å². The number of rotatable bonds is 2. The standard InChI is InChI=1S/C13H19N3O4S/c1-10(17)15-5-2-6-16(8-7-15)21(19,20)11-3-4-13(18)12(14)9-11/h3-4,9,18H,2,5-8,14H2,1H3. The van der Waals surface area contributed by atoms with Gasteiger partial charge in [0.1, 0.15) is 5.75 Å². The second-order valence-electron chi connectivity index (χ2n) is 4.98. The molecule has 0 bridgehead atoms. The van der Waals surface area contributed by atoms with Gasteiger partial charge in [0, 0.05) is 33.1 Å². The normalized spacial score (nSPS) is 17.5. The Bertz CT molecular complexity index is 645. The topological polar surface area (TPSA) is 104 Å². The molecule has 3 N–H and O–H groups in total. The first-order valence-corrected chi connectivity index (χ1v) is 8.10. The van der Waals surface area contributed by atoms with Gasteiger partial charge < -0.3 is 15.7 Å². The largest absolute Gasteiger partial charge is 0.506 e. The molecule has 1 aromatic carbocycles. The zero-order chi connectivity index (χ0) is 15.6. The van der Waals surface area contributed by atoms with Crippen LogP contribution in [0.15, 0.2) is 23.1 Å². The number of nitrogens with zero attached hydrogens (tertiary/aromatic N) is 2. The summed E-state index contributed by atoms with van der Waals surface area (Å²) in [4.78, 5) is 13.1. The van der Waals surface area contributed by atoms with Crippen LogP contribution in [0.1, 0.15) is 13.3 Å². The van der Waals surface area contributed by atoms with E-state index in [0.29, 0.717) is 26.1 Å². The van der Waals surface area contributed by atoms with Gasteiger partial charge in [-0.2, -0.15) is 4.31 Å². The van der Waals surface area contributed by atoms with Gasteiger partial charge in [-0.15, -0.1) is 0 Å². The number of amides is 1. The van der Waals surface area contributed by atoms with Crippen LogP contribution in [-0.4, -0.2) is 54.8 Å². The van der Waals surface area contributed by atoms with Crippen molar-refractivity contribution in [1.82, 2.24) is 9.21 Å². The van der Waals surface area contributed by atoms with E-state index in [-0.39, 0.29) is 28.8 Å². The highest BCUT2D eigenvalue weighted by molar-refractivity contribution is 7.89. The molecular formula is C13H19N3O4S. The molecule has 8 heteroatoms. The number of carbonyl (C=O) groups is 1. The van der Waals surface area contributed by atoms with Crippen LogP contribution in [0, 0.1) is 0 Å². The summed E-state index contributed by atoms with van der Waals surface area (Å²) >= 11 is 0. The van der Waals surface area contributed by atoms with E-state index >= 15 is 0 Å². The summed E-state index contributed by atoms with van der Waals surface area (Å²) in [5.74, 6) is -0.198. The van der Waals surface area contributed by atoms with Gasteiger partial charge in [-0.3, -0.25) is 4.79 Å². The maximum Gasteiger partial charge on any atom is 0.243 e. The first-order valence-electron chi connectivity index (χ1n) is 6.66. The maximum atomic E-state index is 12.6. The van der Waals surface area contributed by atoms with Gasteiger partial charge in [-0.25, -0.2) is 8.42 Å². The quantitative estimate of drug-likeness (QED) is 0.600. The molecule has 2 rings (SSSR count). The molecule has 0 atom stereocenters. The molecule has 1 aromatic rings. The molecule has 0 aromatic heterocycles. The number of phenolic OH excluding ortho intramolecular Hbond substituents is 1. The zero-order valence-corrected chi connectivity index (χ0v) is 12.6. The first-order chi connectivity index (χ1) is 9.82. The van der Waals surface area contributed by atoms with Gasteiger partial charge in [-0.1, -0.05) is 0 Å². The van der Waals surface area contributed by atoms with Crippen LogP contribution in [0.25, 0.3) is 0 Å². The molecule has 21 heavy (non-hydrogen) atoms. The smallest absolute Gasteiger partial charge is 0.243 e. The predicted molar refractivity (Wildman–Crippen MR) is 78.1 cm³/mol. The summed E-state index contributed by atoms with van der Waals surface area (Å²) in [6.45, 7) is 3.02. The fourth-order valence-electron chi connectivity index (χ4n) is 2.29. The molecule has 1 heterocycles. The van der Waals surface area contributed by atoms with Gasteiger partial charge in [0.2, 0.25) is 15.9 Å². The average molecular weight is 313 g/mol. The Labute approximate surface area is 124 Å². The Morgan fingerprint density at radius 3 is 2.57 bits per heavy atom. The van der Waals surface area contributed by atoms with Crippen LogP contribution in [-0.2, 0) is 14.8 Å². The molecule has 0 unspecified atom stereocenters. The van der Waals surface area contributed by atoms with Crippen LogP contribution in [0.3, 0.4) is 0 Å². The third kappa shape index (κ3) is 3.27. The number of aromatic hydroxyl groups is 1. The van der Waals surface area contributed by atoms with Gasteiger partial charge in [-0.05, 0) is 24.6 Å². The number of nitrogen functional groups attached to an aromatic ring is 1. The van der Waals surface area contributed by atoms with Crippen molar-refractivity contribution >= 4 is 21.6 Å². The van der Waals surface area contributed by atoms with Gasteiger partial charge >= 0.3 is 0 Å². The number of hydrogen-bond acceptors (Lipinski definition) is 5. The Kier molecular flexibility index (Phi) is 4.38. The van der Waals surface area contributed by atoms with Gasteiger partial charge in [0.15, 0.2) is 0 Å². The van der Waals surface area contributed by atoms with E-state index in [1.54, 1.807) is 4.90 Å². The Hall–Kier alpha value is -1.80. The Balaban J connectivity index is 2.23. The molecule has 7 nitrogen and oxygen atoms in total. The lowest BCUT2D eigenvalue weighted by molar-refractivity contribution is -0.128. The molecule has 1 amide bonds. The lowest BCUT2D eigenvalue weighted by Gasteiger charge is -2.21. The van der Waals surface area contributed by atoms with Crippen molar-refractivity contribution < 1.29 is 18.3 Å². The van der Waals surface area contributed by atoms with Gasteiger partial charge in [0.25, 0.3) is 0 Å². The van der Waals surface area contributed by atoms with E-state index in [2.05, 4.69) is 0 Å². The van der Waals surface area contributed by atoms with Crippen LogP contribution < -0.4 is 5.73 Å². The number of phenols is 1. The van der Waals surface area contributed by atoms with E-state index in [1.807, 2.05) is 0 Å². The predicted octanol–water partition coefficient (Wildman–Crippen LogP) is 0.217. The van der Waals surface area contributed by atoms with E-state index in [0.717, 1.165) is 0 Å². The lowest BCUT2D eigenvalue weighted by Crippen LogP contribution is -2.36. The number of carbonyl (C=O) groups excluding carboxylic acids is 1. The summed E-state index contributed by atoms with van der Waals surface area (Å²) in [6, 6.07) is 3.84. The number of benzene rings is 1. The van der Waals surface area contributed by atoms with Crippen molar-refractivity contribution in [2.75, 3.05) is 31.9 Å². The van der Waals surface area contributed by atoms with Crippen molar-refractivity contribution in [3.05, 3.63) is 18.2 Å². The van der Waals surface area contributed by atoms with Crippen molar-refractivity contribution in [2.45, 2.75) is 18.2 Å². The lowest BCUT2D eigenvalue weighted by atomic mass is 10.3. The van der Waals surface area contributed by atoms with Crippen LogP contribution in [0.2, 0.25) is 0 Å². The molecule has 1 aliphatic rings. The van der Waals surface area contributed by atoms with E-state index in [1.165, 1.54) is 29.4 Å². The van der Waals surface area contributed by atoms with Crippen LogP contribution in [0.5, 0.6) is 5.75 Å². The summed E-state index contributed by atoms with van der Waals surface area (Å²) < 4.78 is 26.5. The molecular weight excluding hydrogens is 294 g/mol. The molecule has 0 saturated carbocycles. The molecule has 0 spiro atoms. The average Bonchev–Trinajstić information content (AvgIpc) is 2.68. The fraction of sp³-hybridized carbons (Fsp3) is 0.462. The summed E-state index contributed by atoms with van der Waals surface area (Å²) in [5, 5.41) is 9.38.